The van der Waals surface area contributed by atoms with Crippen molar-refractivity contribution >= 4 is 68.7 Å². The van der Waals surface area contributed by atoms with Crippen molar-refractivity contribution in [1.29, 1.82) is 0 Å². The molecular weight excluding hydrogens is 718 g/mol. The first-order chi connectivity index (χ1) is 25.8. The number of nitrogens with one attached hydrogen (secondary N) is 5. The van der Waals surface area contributed by atoms with E-state index in [4.69, 9.17) is 0 Å². The predicted octanol–water partition coefficient (Wildman–Crippen LogP) is 2.29. The number of carbonyl (C=O) groups is 6. The molecule has 5 N–H and O–H groups in total. The third-order valence-electron chi connectivity index (χ3n) is 9.50. The summed E-state index contributed by atoms with van der Waals surface area (Å²) in [5.41, 5.74) is 0.201. The Balaban J connectivity index is 1.09. The van der Waals surface area contributed by atoms with Crippen molar-refractivity contribution in [3.63, 3.8) is 0 Å². The van der Waals surface area contributed by atoms with Gasteiger partial charge in [-0.15, -0.1) is 0 Å². The van der Waals surface area contributed by atoms with Crippen LogP contribution in [0.2, 0.25) is 0 Å². The van der Waals surface area contributed by atoms with E-state index in [0.717, 1.165) is 22.0 Å². The van der Waals surface area contributed by atoms with Crippen molar-refractivity contribution in [2.75, 3.05) is 56.0 Å². The number of hydrogen-bond acceptors (Lipinski definition) is 9. The van der Waals surface area contributed by atoms with Gasteiger partial charge >= 0.3 is 6.03 Å². The highest BCUT2D eigenvalue weighted by Crippen LogP contribution is 2.30. The summed E-state index contributed by atoms with van der Waals surface area (Å²) in [7, 11) is 0. The molecule has 0 radical (unpaired) electrons. The molecule has 0 unspecified atom stereocenters. The lowest BCUT2D eigenvalue weighted by molar-refractivity contribution is -0.146. The van der Waals surface area contributed by atoms with Crippen LogP contribution in [0.25, 0.3) is 10.1 Å². The van der Waals surface area contributed by atoms with Gasteiger partial charge in [-0.1, -0.05) is 45.9 Å². The van der Waals surface area contributed by atoms with Gasteiger partial charge in [0.15, 0.2) is 0 Å². The van der Waals surface area contributed by atoms with E-state index in [-0.39, 0.29) is 29.3 Å². The summed E-state index contributed by atoms with van der Waals surface area (Å²) in [4.78, 5) is 84.0. The number of amides is 7. The number of likely N-dealkylation sites (tertiary alicyclic amines) is 1. The number of urea groups is 1. The summed E-state index contributed by atoms with van der Waals surface area (Å²) in [6, 6.07) is 10.0. The maximum atomic E-state index is 13.9. The van der Waals surface area contributed by atoms with E-state index >= 15 is 0 Å². The summed E-state index contributed by atoms with van der Waals surface area (Å²) < 4.78 is 19.1. The highest BCUT2D eigenvalue weighted by Gasteiger charge is 2.41. The number of aromatic nitrogens is 1. The zero-order chi connectivity index (χ0) is 38.9. The van der Waals surface area contributed by atoms with Gasteiger partial charge in [0.1, 0.15) is 29.8 Å². The van der Waals surface area contributed by atoms with E-state index < -0.39 is 60.8 Å². The number of halogens is 1. The molecule has 17 heteroatoms. The van der Waals surface area contributed by atoms with E-state index in [2.05, 4.69) is 41.9 Å². The Morgan fingerprint density at radius 3 is 2.19 bits per heavy atom. The first kappa shape index (κ1) is 39.9. The molecule has 2 fully saturated rings. The highest BCUT2D eigenvalue weighted by atomic mass is 32.1. The SMILES string of the molecule is CC(C)[C@H](NC(=O)CNC(=O)Nc1cccc(F)c1)C(=O)NCC(=O)N[C@H](C(=O)N1CCC[C@H]1C(=O)N1CCN(c2nsc3ccccc23)CC1)C(C)C. The standard InChI is InChI=1S/C37H48FN9O6S/c1-22(2)31(42-30(49)21-40-37(53)41-25-10-7-9-24(38)19-25)34(50)39-20-29(48)43-32(23(3)4)36(52)47-14-8-12-27(47)35(51)46-17-15-45(16-18-46)33-26-11-5-6-13-28(26)54-44-33/h5-7,9-11,13,19,22-23,27,31-32H,8,12,14-18,20-21H2,1-4H3,(H,39,50)(H,42,49)(H,43,48)(H2,40,41,53)/t27-,31-,32-/m0/s1. The molecule has 2 aromatic carbocycles. The van der Waals surface area contributed by atoms with Gasteiger partial charge in [-0.3, -0.25) is 24.0 Å². The molecule has 3 aromatic rings. The summed E-state index contributed by atoms with van der Waals surface area (Å²) in [5, 5.41) is 13.7. The summed E-state index contributed by atoms with van der Waals surface area (Å²) in [6.45, 7) is 8.76. The highest BCUT2D eigenvalue weighted by molar-refractivity contribution is 7.13. The molecule has 0 spiro atoms. The van der Waals surface area contributed by atoms with Crippen LogP contribution in [0.1, 0.15) is 40.5 Å². The smallest absolute Gasteiger partial charge is 0.319 e. The number of nitrogens with zero attached hydrogens (tertiary/aromatic N) is 4. The number of rotatable bonds is 13. The first-order valence-corrected chi connectivity index (χ1v) is 18.9. The van der Waals surface area contributed by atoms with Gasteiger partial charge in [-0.2, -0.15) is 4.37 Å². The molecule has 3 atom stereocenters. The maximum absolute atomic E-state index is 13.9. The molecule has 2 aliphatic heterocycles. The van der Waals surface area contributed by atoms with Gasteiger partial charge < -0.3 is 41.3 Å². The van der Waals surface area contributed by atoms with Crippen LogP contribution < -0.4 is 31.5 Å². The van der Waals surface area contributed by atoms with Gasteiger partial charge in [-0.05, 0) is 66.5 Å². The number of fused-ring (bicyclic) bond motifs is 1. The number of anilines is 2. The Morgan fingerprint density at radius 1 is 0.833 bits per heavy atom. The Kier molecular flexibility index (Phi) is 13.4. The fourth-order valence-corrected chi connectivity index (χ4v) is 7.39. The summed E-state index contributed by atoms with van der Waals surface area (Å²) >= 11 is 1.46. The normalized spacial score (nSPS) is 16.9. The minimum absolute atomic E-state index is 0.103. The van der Waals surface area contributed by atoms with Gasteiger partial charge in [0.2, 0.25) is 29.5 Å². The fraction of sp³-hybridized carbons (Fsp3) is 0.486. The third kappa shape index (κ3) is 10.0. The second kappa shape index (κ2) is 18.1. The summed E-state index contributed by atoms with van der Waals surface area (Å²) in [6.07, 6.45) is 1.20. The average molecular weight is 766 g/mol. The second-order valence-corrected chi connectivity index (χ2v) is 14.9. The van der Waals surface area contributed by atoms with Gasteiger partial charge in [-0.25, -0.2) is 9.18 Å². The minimum atomic E-state index is -1.03. The van der Waals surface area contributed by atoms with Crippen molar-refractivity contribution in [2.45, 2.75) is 58.7 Å². The molecule has 5 rings (SSSR count). The largest absolute Gasteiger partial charge is 0.352 e. The Bertz CT molecular complexity index is 1850. The third-order valence-corrected chi connectivity index (χ3v) is 10.3. The number of benzene rings is 2. The van der Waals surface area contributed by atoms with Crippen molar-refractivity contribution < 1.29 is 33.2 Å². The Labute approximate surface area is 317 Å². The van der Waals surface area contributed by atoms with Crippen molar-refractivity contribution in [1.82, 2.24) is 35.4 Å². The maximum Gasteiger partial charge on any atom is 0.319 e. The molecule has 2 saturated heterocycles. The number of carbonyl (C=O) groups excluding carboxylic acids is 6. The molecular formula is C37H48FN9O6S. The Morgan fingerprint density at radius 2 is 1.50 bits per heavy atom. The van der Waals surface area contributed by atoms with Crippen LogP contribution in [0.4, 0.5) is 20.7 Å². The lowest BCUT2D eigenvalue weighted by Gasteiger charge is -2.38. The molecule has 54 heavy (non-hydrogen) atoms. The van der Waals surface area contributed by atoms with Crippen molar-refractivity contribution in [3.8, 4) is 0 Å². The van der Waals surface area contributed by atoms with Crippen LogP contribution in [0.3, 0.4) is 0 Å². The average Bonchev–Trinajstić information content (AvgIpc) is 3.82. The van der Waals surface area contributed by atoms with Crippen LogP contribution in [0.15, 0.2) is 48.5 Å². The molecule has 0 bridgehead atoms. The molecule has 0 aliphatic carbocycles. The van der Waals surface area contributed by atoms with Crippen LogP contribution in [0.5, 0.6) is 0 Å². The molecule has 7 amide bonds. The molecule has 3 heterocycles. The van der Waals surface area contributed by atoms with Crippen LogP contribution >= 0.6 is 11.5 Å². The molecule has 1 aromatic heterocycles. The zero-order valence-corrected chi connectivity index (χ0v) is 31.7. The van der Waals surface area contributed by atoms with Crippen LogP contribution in [-0.2, 0) is 24.0 Å². The zero-order valence-electron chi connectivity index (χ0n) is 30.9. The van der Waals surface area contributed by atoms with E-state index in [1.807, 2.05) is 23.1 Å². The van der Waals surface area contributed by atoms with Crippen molar-refractivity contribution in [2.24, 2.45) is 11.8 Å². The summed E-state index contributed by atoms with van der Waals surface area (Å²) in [5.74, 6) is -2.63. The predicted molar refractivity (Wildman–Crippen MR) is 203 cm³/mol. The molecule has 0 saturated carbocycles. The number of hydrogen-bond donors (Lipinski definition) is 5. The number of piperazine rings is 1. The van der Waals surface area contributed by atoms with Gasteiger partial charge in [0.25, 0.3) is 0 Å². The second-order valence-electron chi connectivity index (χ2n) is 14.1. The van der Waals surface area contributed by atoms with Crippen LogP contribution in [-0.4, -0.2) is 114 Å². The Hall–Kier alpha value is -5.32. The molecule has 2 aliphatic rings. The quantitative estimate of drug-likeness (QED) is 0.176. The monoisotopic (exact) mass is 765 g/mol. The molecule has 290 valence electrons. The first-order valence-electron chi connectivity index (χ1n) is 18.2. The van der Waals surface area contributed by atoms with E-state index in [1.54, 1.807) is 32.6 Å². The van der Waals surface area contributed by atoms with Crippen LogP contribution in [0, 0.1) is 17.7 Å². The topological polar surface area (TPSA) is 185 Å². The minimum Gasteiger partial charge on any atom is -0.352 e. The molecule has 15 nitrogen and oxygen atoms in total. The lowest BCUT2D eigenvalue weighted by Crippen LogP contribution is -2.58. The van der Waals surface area contributed by atoms with Gasteiger partial charge in [0.05, 0.1) is 17.8 Å². The van der Waals surface area contributed by atoms with E-state index in [9.17, 15) is 33.2 Å². The fourth-order valence-electron chi connectivity index (χ4n) is 6.59. The van der Waals surface area contributed by atoms with E-state index in [0.29, 0.717) is 45.6 Å². The van der Waals surface area contributed by atoms with E-state index in [1.165, 1.54) is 29.7 Å². The van der Waals surface area contributed by atoms with Gasteiger partial charge in [0, 0.05) is 43.8 Å². The lowest BCUT2D eigenvalue weighted by atomic mass is 10.0. The van der Waals surface area contributed by atoms with Crippen molar-refractivity contribution in [3.05, 3.63) is 54.3 Å².